The second-order valence-electron chi connectivity index (χ2n) is 2.92. The standard InChI is InChI=1S/C9H8F2O/c10-5-9(6-12-9)7-1-3-8(11)4-2-7/h1-4H,5-6H2. The predicted octanol–water partition coefficient (Wildman–Crippen LogP) is 2.02. The van der Waals surface area contributed by atoms with Gasteiger partial charge in [-0.05, 0) is 17.7 Å². The molecule has 1 aliphatic rings. The highest BCUT2D eigenvalue weighted by molar-refractivity contribution is 5.27. The maximum Gasteiger partial charge on any atom is 0.145 e. The fraction of sp³-hybridized carbons (Fsp3) is 0.333. The molecule has 1 heterocycles. The Balaban J connectivity index is 2.29. The number of halogens is 2. The first-order chi connectivity index (χ1) is 5.77. The fourth-order valence-electron chi connectivity index (χ4n) is 1.16. The number of hydrogen-bond donors (Lipinski definition) is 0. The van der Waals surface area contributed by atoms with Crippen molar-refractivity contribution in [3.8, 4) is 0 Å². The molecule has 1 unspecified atom stereocenters. The van der Waals surface area contributed by atoms with Crippen molar-refractivity contribution in [2.45, 2.75) is 5.60 Å². The average Bonchev–Trinajstić information content (AvgIpc) is 2.86. The Morgan fingerprint density at radius 1 is 1.33 bits per heavy atom. The van der Waals surface area contributed by atoms with Gasteiger partial charge in [-0.1, -0.05) is 12.1 Å². The van der Waals surface area contributed by atoms with Crippen LogP contribution in [0.15, 0.2) is 24.3 Å². The maximum atomic E-state index is 12.5. The molecule has 0 radical (unpaired) electrons. The lowest BCUT2D eigenvalue weighted by Gasteiger charge is -2.05. The van der Waals surface area contributed by atoms with Crippen LogP contribution in [0, 0.1) is 5.82 Å². The van der Waals surface area contributed by atoms with E-state index in [-0.39, 0.29) is 5.82 Å². The van der Waals surface area contributed by atoms with Crippen LogP contribution < -0.4 is 0 Å². The molecule has 0 N–H and O–H groups in total. The highest BCUT2D eigenvalue weighted by atomic mass is 19.1. The summed E-state index contributed by atoms with van der Waals surface area (Å²) in [5, 5.41) is 0. The average molecular weight is 170 g/mol. The van der Waals surface area contributed by atoms with E-state index in [1.807, 2.05) is 0 Å². The van der Waals surface area contributed by atoms with Crippen LogP contribution >= 0.6 is 0 Å². The van der Waals surface area contributed by atoms with E-state index in [4.69, 9.17) is 4.74 Å². The first kappa shape index (κ1) is 7.68. The lowest BCUT2D eigenvalue weighted by molar-refractivity contribution is 0.249. The van der Waals surface area contributed by atoms with Crippen molar-refractivity contribution >= 4 is 0 Å². The summed E-state index contributed by atoms with van der Waals surface area (Å²) in [7, 11) is 0. The Kier molecular flexibility index (Phi) is 1.61. The zero-order valence-electron chi connectivity index (χ0n) is 6.39. The van der Waals surface area contributed by atoms with Gasteiger partial charge in [-0.25, -0.2) is 8.78 Å². The van der Waals surface area contributed by atoms with Crippen molar-refractivity contribution in [2.24, 2.45) is 0 Å². The number of rotatable bonds is 2. The zero-order valence-corrected chi connectivity index (χ0v) is 6.39. The Bertz CT molecular complexity index is 277. The number of benzene rings is 1. The molecule has 1 aromatic carbocycles. The smallest absolute Gasteiger partial charge is 0.145 e. The Labute approximate surface area is 69.0 Å². The van der Waals surface area contributed by atoms with E-state index in [1.54, 1.807) is 12.1 Å². The minimum atomic E-state index is -0.756. The molecule has 0 saturated carbocycles. The van der Waals surface area contributed by atoms with Gasteiger partial charge >= 0.3 is 0 Å². The molecular weight excluding hydrogens is 162 g/mol. The van der Waals surface area contributed by atoms with Crippen molar-refractivity contribution < 1.29 is 13.5 Å². The molecule has 64 valence electrons. The normalized spacial score (nSPS) is 27.2. The fourth-order valence-corrected chi connectivity index (χ4v) is 1.16. The summed E-state index contributed by atoms with van der Waals surface area (Å²) in [6, 6.07) is 5.74. The van der Waals surface area contributed by atoms with Crippen LogP contribution in [-0.4, -0.2) is 13.3 Å². The highest BCUT2D eigenvalue weighted by Gasteiger charge is 2.46. The van der Waals surface area contributed by atoms with Crippen LogP contribution in [0.25, 0.3) is 0 Å². The summed E-state index contributed by atoms with van der Waals surface area (Å²) >= 11 is 0. The number of ether oxygens (including phenoxy) is 1. The van der Waals surface area contributed by atoms with Crippen LogP contribution in [0.5, 0.6) is 0 Å². The van der Waals surface area contributed by atoms with E-state index in [9.17, 15) is 8.78 Å². The lowest BCUT2D eigenvalue weighted by atomic mass is 10.0. The first-order valence-corrected chi connectivity index (χ1v) is 3.73. The minimum absolute atomic E-state index is 0.312. The second-order valence-corrected chi connectivity index (χ2v) is 2.92. The predicted molar refractivity (Wildman–Crippen MR) is 40.0 cm³/mol. The van der Waals surface area contributed by atoms with Gasteiger partial charge in [0.25, 0.3) is 0 Å². The van der Waals surface area contributed by atoms with E-state index in [0.29, 0.717) is 12.2 Å². The maximum absolute atomic E-state index is 12.5. The molecule has 1 saturated heterocycles. The van der Waals surface area contributed by atoms with Gasteiger partial charge in [0.1, 0.15) is 18.1 Å². The van der Waals surface area contributed by atoms with Gasteiger partial charge < -0.3 is 4.74 Å². The number of hydrogen-bond acceptors (Lipinski definition) is 1. The number of alkyl halides is 1. The van der Waals surface area contributed by atoms with Crippen molar-refractivity contribution in [2.75, 3.05) is 13.3 Å². The molecule has 0 amide bonds. The Morgan fingerprint density at radius 3 is 2.33 bits per heavy atom. The molecule has 1 fully saturated rings. The Hall–Kier alpha value is -0.960. The van der Waals surface area contributed by atoms with Gasteiger partial charge in [0, 0.05) is 0 Å². The highest BCUT2D eigenvalue weighted by Crippen LogP contribution is 2.38. The molecule has 0 aromatic heterocycles. The summed E-state index contributed by atoms with van der Waals surface area (Å²) < 4.78 is 29.8. The van der Waals surface area contributed by atoms with Gasteiger partial charge in [-0.2, -0.15) is 0 Å². The van der Waals surface area contributed by atoms with Crippen LogP contribution in [0.3, 0.4) is 0 Å². The third-order valence-corrected chi connectivity index (χ3v) is 2.08. The van der Waals surface area contributed by atoms with Gasteiger partial charge in [-0.15, -0.1) is 0 Å². The van der Waals surface area contributed by atoms with Gasteiger partial charge in [0.15, 0.2) is 0 Å². The summed E-state index contributed by atoms with van der Waals surface area (Å²) in [6.07, 6.45) is 0. The summed E-state index contributed by atoms with van der Waals surface area (Å²) in [5.41, 5.74) is -0.0420. The van der Waals surface area contributed by atoms with Crippen LogP contribution in [-0.2, 0) is 10.3 Å². The molecule has 1 aromatic rings. The summed E-state index contributed by atoms with van der Waals surface area (Å²) in [4.78, 5) is 0. The van der Waals surface area contributed by atoms with Crippen LogP contribution in [0.4, 0.5) is 8.78 Å². The Morgan fingerprint density at radius 2 is 1.92 bits per heavy atom. The monoisotopic (exact) mass is 170 g/mol. The van der Waals surface area contributed by atoms with Crippen LogP contribution in [0.1, 0.15) is 5.56 Å². The van der Waals surface area contributed by atoms with E-state index in [0.717, 1.165) is 0 Å². The first-order valence-electron chi connectivity index (χ1n) is 3.73. The molecule has 1 aliphatic heterocycles. The minimum Gasteiger partial charge on any atom is -0.362 e. The van der Waals surface area contributed by atoms with Gasteiger partial charge in [-0.3, -0.25) is 0 Å². The van der Waals surface area contributed by atoms with E-state index < -0.39 is 12.3 Å². The molecule has 1 atom stereocenters. The zero-order chi connectivity index (χ0) is 8.60. The summed E-state index contributed by atoms with van der Waals surface area (Å²) in [5.74, 6) is -0.312. The third kappa shape index (κ3) is 1.10. The van der Waals surface area contributed by atoms with Crippen LogP contribution in [0.2, 0.25) is 0 Å². The van der Waals surface area contributed by atoms with Gasteiger partial charge in [0.05, 0.1) is 6.61 Å². The molecule has 1 nitrogen and oxygen atoms in total. The lowest BCUT2D eigenvalue weighted by Crippen LogP contribution is -2.10. The topological polar surface area (TPSA) is 12.5 Å². The molecule has 2 rings (SSSR count). The largest absolute Gasteiger partial charge is 0.362 e. The molecule has 12 heavy (non-hydrogen) atoms. The van der Waals surface area contributed by atoms with Crippen molar-refractivity contribution in [1.29, 1.82) is 0 Å². The van der Waals surface area contributed by atoms with Crippen molar-refractivity contribution in [1.82, 2.24) is 0 Å². The quantitative estimate of drug-likeness (QED) is 0.618. The third-order valence-electron chi connectivity index (χ3n) is 2.08. The molecule has 3 heteroatoms. The summed E-state index contributed by atoms with van der Waals surface area (Å²) in [6.45, 7) is -0.145. The molecule has 0 spiro atoms. The molecule has 0 bridgehead atoms. The van der Waals surface area contributed by atoms with Crippen molar-refractivity contribution in [3.63, 3.8) is 0 Å². The second kappa shape index (κ2) is 2.52. The van der Waals surface area contributed by atoms with Gasteiger partial charge in [0.2, 0.25) is 0 Å². The SMILES string of the molecule is FCC1(c2ccc(F)cc2)CO1. The van der Waals surface area contributed by atoms with E-state index in [1.165, 1.54) is 12.1 Å². The van der Waals surface area contributed by atoms with E-state index >= 15 is 0 Å². The number of epoxide rings is 1. The molecular formula is C9H8F2O. The molecule has 0 aliphatic carbocycles. The van der Waals surface area contributed by atoms with Crippen molar-refractivity contribution in [3.05, 3.63) is 35.6 Å². The van der Waals surface area contributed by atoms with E-state index in [2.05, 4.69) is 0 Å².